The highest BCUT2D eigenvalue weighted by molar-refractivity contribution is 9.10. The lowest BCUT2D eigenvalue weighted by atomic mass is 10.1. The molecule has 2 nitrogen and oxygen atoms in total. The number of aryl methyl sites for hydroxylation is 1. The van der Waals surface area contributed by atoms with Crippen LogP contribution in [0.25, 0.3) is 0 Å². The molecule has 2 aromatic rings. The van der Waals surface area contributed by atoms with E-state index in [4.69, 9.17) is 4.74 Å². The Morgan fingerprint density at radius 3 is 2.61 bits per heavy atom. The van der Waals surface area contributed by atoms with Gasteiger partial charge in [-0.2, -0.15) is 0 Å². The lowest BCUT2D eigenvalue weighted by Gasteiger charge is -2.06. The molecule has 0 amide bonds. The third-order valence-corrected chi connectivity index (χ3v) is 2.88. The Kier molecular flexibility index (Phi) is 4.31. The predicted octanol–water partition coefficient (Wildman–Crippen LogP) is 4.73. The summed E-state index contributed by atoms with van der Waals surface area (Å²) < 4.78 is 19.5. The van der Waals surface area contributed by atoms with Crippen molar-refractivity contribution in [2.45, 2.75) is 19.8 Å². The molecule has 1 aromatic carbocycles. The number of halogens is 2. The molecule has 0 spiro atoms. The van der Waals surface area contributed by atoms with Crippen LogP contribution in [-0.2, 0) is 6.42 Å². The number of aromatic nitrogens is 1. The van der Waals surface area contributed by atoms with Crippen LogP contribution < -0.4 is 4.74 Å². The smallest absolute Gasteiger partial charge is 0.255 e. The summed E-state index contributed by atoms with van der Waals surface area (Å²) in [5, 5.41) is 0. The van der Waals surface area contributed by atoms with Crippen molar-refractivity contribution in [1.29, 1.82) is 0 Å². The van der Waals surface area contributed by atoms with Gasteiger partial charge in [0, 0.05) is 10.7 Å². The zero-order chi connectivity index (χ0) is 13.0. The van der Waals surface area contributed by atoms with E-state index in [1.807, 2.05) is 24.3 Å². The first kappa shape index (κ1) is 13.0. The van der Waals surface area contributed by atoms with Gasteiger partial charge >= 0.3 is 0 Å². The summed E-state index contributed by atoms with van der Waals surface area (Å²) in [4.78, 5) is 3.89. The van der Waals surface area contributed by atoms with Crippen molar-refractivity contribution in [3.8, 4) is 11.6 Å². The zero-order valence-electron chi connectivity index (χ0n) is 9.99. The molecule has 0 saturated carbocycles. The summed E-state index contributed by atoms with van der Waals surface area (Å²) in [5.41, 5.74) is 1.24. The zero-order valence-corrected chi connectivity index (χ0v) is 11.6. The van der Waals surface area contributed by atoms with E-state index in [0.29, 0.717) is 10.2 Å². The van der Waals surface area contributed by atoms with Gasteiger partial charge in [0.15, 0.2) is 5.82 Å². The maximum absolute atomic E-state index is 13.5. The van der Waals surface area contributed by atoms with E-state index >= 15 is 0 Å². The van der Waals surface area contributed by atoms with Crippen LogP contribution >= 0.6 is 15.9 Å². The molecule has 0 fully saturated rings. The number of hydrogen-bond donors (Lipinski definition) is 0. The van der Waals surface area contributed by atoms with E-state index in [1.165, 1.54) is 17.8 Å². The second-order valence-electron chi connectivity index (χ2n) is 3.94. The summed E-state index contributed by atoms with van der Waals surface area (Å²) in [7, 11) is 0. The first-order valence-electron chi connectivity index (χ1n) is 5.77. The van der Waals surface area contributed by atoms with E-state index in [9.17, 15) is 4.39 Å². The third-order valence-electron chi connectivity index (χ3n) is 2.45. The molecule has 18 heavy (non-hydrogen) atoms. The summed E-state index contributed by atoms with van der Waals surface area (Å²) >= 11 is 3.15. The highest BCUT2D eigenvalue weighted by Gasteiger charge is 2.06. The molecular formula is C14H13BrFNO. The van der Waals surface area contributed by atoms with Crippen molar-refractivity contribution in [2.24, 2.45) is 0 Å². The molecule has 1 heterocycles. The van der Waals surface area contributed by atoms with Crippen LogP contribution in [0.3, 0.4) is 0 Å². The van der Waals surface area contributed by atoms with Crippen molar-refractivity contribution < 1.29 is 9.13 Å². The number of pyridine rings is 1. The van der Waals surface area contributed by atoms with E-state index in [2.05, 4.69) is 27.8 Å². The van der Waals surface area contributed by atoms with Crippen LogP contribution in [0.1, 0.15) is 18.9 Å². The van der Waals surface area contributed by atoms with Crippen molar-refractivity contribution in [3.63, 3.8) is 0 Å². The Labute approximate surface area is 114 Å². The topological polar surface area (TPSA) is 22.1 Å². The SMILES string of the molecule is CCCc1ccc(Oc2ncc(Br)cc2F)cc1. The Balaban J connectivity index is 2.13. The second-order valence-corrected chi connectivity index (χ2v) is 4.85. The lowest BCUT2D eigenvalue weighted by Crippen LogP contribution is -1.92. The highest BCUT2D eigenvalue weighted by Crippen LogP contribution is 2.24. The van der Waals surface area contributed by atoms with Crippen molar-refractivity contribution in [2.75, 3.05) is 0 Å². The summed E-state index contributed by atoms with van der Waals surface area (Å²) in [6.07, 6.45) is 3.64. The quantitative estimate of drug-likeness (QED) is 0.814. The molecule has 0 N–H and O–H groups in total. The predicted molar refractivity (Wildman–Crippen MR) is 72.4 cm³/mol. The average Bonchev–Trinajstić information content (AvgIpc) is 2.35. The lowest BCUT2D eigenvalue weighted by molar-refractivity contribution is 0.422. The second kappa shape index (κ2) is 5.96. The Morgan fingerprint density at radius 2 is 2.00 bits per heavy atom. The summed E-state index contributed by atoms with van der Waals surface area (Å²) in [6.45, 7) is 2.13. The minimum atomic E-state index is -0.484. The van der Waals surface area contributed by atoms with Crippen molar-refractivity contribution >= 4 is 15.9 Å². The molecular weight excluding hydrogens is 297 g/mol. The van der Waals surface area contributed by atoms with Crippen molar-refractivity contribution in [1.82, 2.24) is 4.98 Å². The molecule has 0 aliphatic heterocycles. The fourth-order valence-corrected chi connectivity index (χ4v) is 1.90. The molecule has 0 radical (unpaired) electrons. The highest BCUT2D eigenvalue weighted by atomic mass is 79.9. The van der Waals surface area contributed by atoms with Gasteiger partial charge in [0.2, 0.25) is 0 Å². The van der Waals surface area contributed by atoms with Crippen LogP contribution in [0, 0.1) is 5.82 Å². The van der Waals surface area contributed by atoms with Gasteiger partial charge in [-0.25, -0.2) is 9.37 Å². The molecule has 2 rings (SSSR count). The van der Waals surface area contributed by atoms with Gasteiger partial charge in [-0.1, -0.05) is 25.5 Å². The van der Waals surface area contributed by atoms with E-state index in [-0.39, 0.29) is 5.88 Å². The van der Waals surface area contributed by atoms with E-state index in [0.717, 1.165) is 12.8 Å². The standard InChI is InChI=1S/C14H13BrFNO/c1-2-3-10-4-6-12(7-5-10)18-14-13(16)8-11(15)9-17-14/h4-9H,2-3H2,1H3. The minimum Gasteiger partial charge on any atom is -0.436 e. The molecule has 0 atom stereocenters. The normalized spacial score (nSPS) is 10.4. The number of benzene rings is 1. The van der Waals surface area contributed by atoms with Gasteiger partial charge in [-0.05, 0) is 46.1 Å². The van der Waals surface area contributed by atoms with Crippen LogP contribution in [0.5, 0.6) is 11.6 Å². The van der Waals surface area contributed by atoms with Crippen LogP contribution in [-0.4, -0.2) is 4.98 Å². The number of nitrogens with zero attached hydrogens (tertiary/aromatic N) is 1. The van der Waals surface area contributed by atoms with Crippen molar-refractivity contribution in [3.05, 3.63) is 52.4 Å². The average molecular weight is 310 g/mol. The Hall–Kier alpha value is -1.42. The molecule has 0 bridgehead atoms. The Morgan fingerprint density at radius 1 is 1.28 bits per heavy atom. The largest absolute Gasteiger partial charge is 0.436 e. The van der Waals surface area contributed by atoms with Gasteiger partial charge in [-0.15, -0.1) is 0 Å². The first-order valence-corrected chi connectivity index (χ1v) is 6.56. The molecule has 0 saturated heterocycles. The van der Waals surface area contributed by atoms with Gasteiger partial charge in [-0.3, -0.25) is 0 Å². The van der Waals surface area contributed by atoms with Gasteiger partial charge in [0.1, 0.15) is 5.75 Å². The molecule has 0 aliphatic rings. The number of ether oxygens (including phenoxy) is 1. The maximum Gasteiger partial charge on any atom is 0.255 e. The van der Waals surface area contributed by atoms with E-state index in [1.54, 1.807) is 0 Å². The molecule has 4 heteroatoms. The molecule has 0 aliphatic carbocycles. The summed E-state index contributed by atoms with van der Waals surface area (Å²) in [5.74, 6) is 0.0898. The van der Waals surface area contributed by atoms with Crippen LogP contribution in [0.15, 0.2) is 41.0 Å². The fraction of sp³-hybridized carbons (Fsp3) is 0.214. The summed E-state index contributed by atoms with van der Waals surface area (Å²) in [6, 6.07) is 8.95. The number of rotatable bonds is 4. The van der Waals surface area contributed by atoms with E-state index < -0.39 is 5.82 Å². The van der Waals surface area contributed by atoms with Gasteiger partial charge in [0.25, 0.3) is 5.88 Å². The maximum atomic E-state index is 13.5. The fourth-order valence-electron chi connectivity index (χ4n) is 1.60. The van der Waals surface area contributed by atoms with Gasteiger partial charge < -0.3 is 4.74 Å². The molecule has 1 aromatic heterocycles. The van der Waals surface area contributed by atoms with Crippen LogP contribution in [0.2, 0.25) is 0 Å². The van der Waals surface area contributed by atoms with Crippen LogP contribution in [0.4, 0.5) is 4.39 Å². The monoisotopic (exact) mass is 309 g/mol. The molecule has 0 unspecified atom stereocenters. The third kappa shape index (κ3) is 3.29. The Bertz CT molecular complexity index is 528. The van der Waals surface area contributed by atoms with Gasteiger partial charge in [0.05, 0.1) is 0 Å². The molecule has 94 valence electrons. The number of hydrogen-bond acceptors (Lipinski definition) is 2. The minimum absolute atomic E-state index is 0.0126. The first-order chi connectivity index (χ1) is 8.69.